The number of aromatic nitrogens is 4. The van der Waals surface area contributed by atoms with Crippen molar-refractivity contribution in [2.75, 3.05) is 31.6 Å². The molecule has 5 rings (SSSR count). The van der Waals surface area contributed by atoms with Gasteiger partial charge in [-0.15, -0.1) is 5.10 Å². The lowest BCUT2D eigenvalue weighted by Gasteiger charge is -2.26. The van der Waals surface area contributed by atoms with Gasteiger partial charge in [0.15, 0.2) is 0 Å². The summed E-state index contributed by atoms with van der Waals surface area (Å²) in [5.41, 5.74) is 3.52. The standard InChI is InChI=1S/C26H31F3N6O3/c1-16(12-26(27,28)29)32-25-31-15-23-21(11-22(35(23)33-25)17-2-4-20(36)5-3-17)18-10-19(14-30-13-18)24(37)34-6-8-38-9-7-34/h10-11,13-17,20,36H,2-9,12H2,1H3,(H,32,33)/t16-,17-,20-/m0/s1. The smallest absolute Gasteiger partial charge is 0.391 e. The fourth-order valence-electron chi connectivity index (χ4n) is 5.25. The lowest BCUT2D eigenvalue weighted by molar-refractivity contribution is -0.136. The highest BCUT2D eigenvalue weighted by Crippen LogP contribution is 2.38. The van der Waals surface area contributed by atoms with Gasteiger partial charge in [0, 0.05) is 54.3 Å². The molecule has 2 N–H and O–H groups in total. The van der Waals surface area contributed by atoms with Crippen molar-refractivity contribution in [3.63, 3.8) is 0 Å². The van der Waals surface area contributed by atoms with E-state index in [4.69, 9.17) is 4.74 Å². The SMILES string of the molecule is C[C@@H](CC(F)(F)F)Nc1ncc2c(-c3cncc(C(=O)N4CCOCC4)c3)cc([C@H]3CC[C@H](O)CC3)n2n1. The van der Waals surface area contributed by atoms with Crippen LogP contribution in [0.1, 0.15) is 61.0 Å². The molecule has 1 saturated carbocycles. The van der Waals surface area contributed by atoms with Crippen molar-refractivity contribution < 1.29 is 27.8 Å². The van der Waals surface area contributed by atoms with E-state index in [1.54, 1.807) is 34.1 Å². The molecule has 0 aromatic carbocycles. The highest BCUT2D eigenvalue weighted by atomic mass is 19.4. The number of amides is 1. The number of carbonyl (C=O) groups excluding carboxylic acids is 1. The Kier molecular flexibility index (Phi) is 7.53. The number of aliphatic hydroxyl groups excluding tert-OH is 1. The van der Waals surface area contributed by atoms with Crippen molar-refractivity contribution >= 4 is 17.4 Å². The van der Waals surface area contributed by atoms with Crippen LogP contribution < -0.4 is 5.32 Å². The maximum Gasteiger partial charge on any atom is 0.391 e. The number of pyridine rings is 1. The number of hydrogen-bond acceptors (Lipinski definition) is 7. The number of fused-ring (bicyclic) bond motifs is 1. The fraction of sp³-hybridized carbons (Fsp3) is 0.538. The average molecular weight is 533 g/mol. The van der Waals surface area contributed by atoms with E-state index >= 15 is 0 Å². The molecule has 0 bridgehead atoms. The van der Waals surface area contributed by atoms with Gasteiger partial charge in [0.1, 0.15) is 0 Å². The Labute approximate surface area is 218 Å². The molecule has 1 saturated heterocycles. The van der Waals surface area contributed by atoms with E-state index < -0.39 is 18.6 Å². The van der Waals surface area contributed by atoms with Crippen LogP contribution in [-0.2, 0) is 4.74 Å². The van der Waals surface area contributed by atoms with Crippen molar-refractivity contribution in [3.05, 3.63) is 42.0 Å². The van der Waals surface area contributed by atoms with Crippen LogP contribution in [0.4, 0.5) is 19.1 Å². The van der Waals surface area contributed by atoms with Gasteiger partial charge in [0.2, 0.25) is 5.95 Å². The molecule has 0 spiro atoms. The highest BCUT2D eigenvalue weighted by molar-refractivity contribution is 5.96. The van der Waals surface area contributed by atoms with E-state index in [0.717, 1.165) is 29.7 Å². The normalized spacial score (nSPS) is 21.4. The minimum atomic E-state index is -4.30. The van der Waals surface area contributed by atoms with Gasteiger partial charge in [-0.2, -0.15) is 13.2 Å². The van der Waals surface area contributed by atoms with Crippen molar-refractivity contribution in [1.82, 2.24) is 24.5 Å². The van der Waals surface area contributed by atoms with Crippen LogP contribution in [0.25, 0.3) is 16.6 Å². The number of hydrogen-bond donors (Lipinski definition) is 2. The van der Waals surface area contributed by atoms with Crippen molar-refractivity contribution in [3.8, 4) is 11.1 Å². The molecule has 1 aliphatic carbocycles. The third-order valence-corrected chi connectivity index (χ3v) is 7.17. The maximum absolute atomic E-state index is 13.1. The van der Waals surface area contributed by atoms with Gasteiger partial charge in [-0.25, -0.2) is 9.50 Å². The zero-order chi connectivity index (χ0) is 26.9. The molecule has 1 amide bonds. The Balaban J connectivity index is 1.51. The van der Waals surface area contributed by atoms with Crippen molar-refractivity contribution in [2.24, 2.45) is 0 Å². The summed E-state index contributed by atoms with van der Waals surface area (Å²) in [7, 11) is 0. The molecule has 3 aromatic heterocycles. The van der Waals surface area contributed by atoms with Gasteiger partial charge < -0.3 is 20.1 Å². The second-order valence-electron chi connectivity index (χ2n) is 10.1. The number of nitrogens with one attached hydrogen (secondary N) is 1. The maximum atomic E-state index is 13.1. The number of nitrogens with zero attached hydrogens (tertiary/aromatic N) is 5. The van der Waals surface area contributed by atoms with Crippen LogP contribution in [0.5, 0.6) is 0 Å². The predicted molar refractivity (Wildman–Crippen MR) is 134 cm³/mol. The summed E-state index contributed by atoms with van der Waals surface area (Å²) in [6.45, 7) is 3.47. The van der Waals surface area contributed by atoms with E-state index in [1.165, 1.54) is 6.92 Å². The molecule has 12 heteroatoms. The molecule has 1 aliphatic heterocycles. The number of alkyl halides is 3. The number of ether oxygens (including phenoxy) is 1. The molecule has 4 heterocycles. The van der Waals surface area contributed by atoms with Crippen LogP contribution in [0.3, 0.4) is 0 Å². The lowest BCUT2D eigenvalue weighted by atomic mass is 9.85. The minimum absolute atomic E-state index is 0.0999. The van der Waals surface area contributed by atoms with Gasteiger partial charge in [-0.3, -0.25) is 9.78 Å². The fourth-order valence-corrected chi connectivity index (χ4v) is 5.25. The first kappa shape index (κ1) is 26.4. The molecular formula is C26H31F3N6O3. The Morgan fingerprint density at radius 2 is 1.89 bits per heavy atom. The van der Waals surface area contributed by atoms with E-state index in [2.05, 4.69) is 20.4 Å². The second kappa shape index (κ2) is 10.9. The first-order chi connectivity index (χ1) is 18.2. The predicted octanol–water partition coefficient (Wildman–Crippen LogP) is 4.04. The van der Waals surface area contributed by atoms with E-state index in [1.807, 2.05) is 6.07 Å². The minimum Gasteiger partial charge on any atom is -0.393 e. The Morgan fingerprint density at radius 3 is 2.61 bits per heavy atom. The third kappa shape index (κ3) is 5.91. The summed E-state index contributed by atoms with van der Waals surface area (Å²) in [6, 6.07) is 2.89. The summed E-state index contributed by atoms with van der Waals surface area (Å²) in [6.07, 6.45) is 2.02. The number of halogens is 3. The van der Waals surface area contributed by atoms with Gasteiger partial charge >= 0.3 is 6.18 Å². The quantitative estimate of drug-likeness (QED) is 0.494. The van der Waals surface area contributed by atoms with Gasteiger partial charge in [-0.1, -0.05) is 0 Å². The number of aliphatic hydroxyl groups is 1. The topological polar surface area (TPSA) is 105 Å². The zero-order valence-corrected chi connectivity index (χ0v) is 21.1. The first-order valence-electron chi connectivity index (χ1n) is 12.9. The van der Waals surface area contributed by atoms with E-state index in [0.29, 0.717) is 50.2 Å². The summed E-state index contributed by atoms with van der Waals surface area (Å²) < 4.78 is 45.6. The second-order valence-corrected chi connectivity index (χ2v) is 10.1. The molecule has 0 unspecified atom stereocenters. The average Bonchev–Trinajstić information content (AvgIpc) is 3.27. The zero-order valence-electron chi connectivity index (χ0n) is 21.1. The largest absolute Gasteiger partial charge is 0.393 e. The van der Waals surface area contributed by atoms with Crippen molar-refractivity contribution in [1.29, 1.82) is 0 Å². The molecule has 1 atom stereocenters. The Morgan fingerprint density at radius 1 is 1.16 bits per heavy atom. The van der Waals surface area contributed by atoms with Gasteiger partial charge in [0.05, 0.1) is 43.0 Å². The first-order valence-corrected chi connectivity index (χ1v) is 12.9. The summed E-state index contributed by atoms with van der Waals surface area (Å²) in [5.74, 6) is 0.0954. The molecular weight excluding hydrogens is 501 g/mol. The van der Waals surface area contributed by atoms with Crippen LogP contribution in [0.2, 0.25) is 0 Å². The lowest BCUT2D eigenvalue weighted by Crippen LogP contribution is -2.40. The summed E-state index contributed by atoms with van der Waals surface area (Å²) in [4.78, 5) is 23.4. The van der Waals surface area contributed by atoms with Crippen LogP contribution in [0.15, 0.2) is 30.7 Å². The van der Waals surface area contributed by atoms with Gasteiger partial charge in [-0.05, 0) is 44.7 Å². The Hall–Kier alpha value is -3.25. The summed E-state index contributed by atoms with van der Waals surface area (Å²) in [5, 5.41) is 17.3. The van der Waals surface area contributed by atoms with E-state index in [-0.39, 0.29) is 23.9 Å². The monoisotopic (exact) mass is 532 g/mol. The van der Waals surface area contributed by atoms with Crippen LogP contribution >= 0.6 is 0 Å². The number of anilines is 1. The van der Waals surface area contributed by atoms with Crippen LogP contribution in [0, 0.1) is 0 Å². The molecule has 3 aromatic rings. The van der Waals surface area contributed by atoms with E-state index in [9.17, 15) is 23.1 Å². The summed E-state index contributed by atoms with van der Waals surface area (Å²) >= 11 is 0. The Bertz CT molecular complexity index is 1280. The number of morpholine rings is 1. The van der Waals surface area contributed by atoms with Gasteiger partial charge in [0.25, 0.3) is 5.91 Å². The number of rotatable bonds is 6. The molecule has 0 radical (unpaired) electrons. The molecule has 2 aliphatic rings. The van der Waals surface area contributed by atoms with Crippen molar-refractivity contribution in [2.45, 2.75) is 63.3 Å². The number of carbonyl (C=O) groups is 1. The highest BCUT2D eigenvalue weighted by Gasteiger charge is 2.31. The van der Waals surface area contributed by atoms with Crippen LogP contribution in [-0.4, -0.2) is 80.1 Å². The molecule has 38 heavy (non-hydrogen) atoms. The molecule has 2 fully saturated rings. The molecule has 9 nitrogen and oxygen atoms in total. The molecule has 204 valence electrons. The third-order valence-electron chi connectivity index (χ3n) is 7.17.